The van der Waals surface area contributed by atoms with Gasteiger partial charge in [-0.1, -0.05) is 13.8 Å². The fourth-order valence-corrected chi connectivity index (χ4v) is 3.30. The van der Waals surface area contributed by atoms with Crippen molar-refractivity contribution in [2.45, 2.75) is 31.2 Å². The minimum Gasteiger partial charge on any atom is -0.341 e. The molecule has 0 aliphatic rings. The summed E-state index contributed by atoms with van der Waals surface area (Å²) in [4.78, 5) is 15.9. The topological polar surface area (TPSA) is 46.3 Å². The molecular weight excluding hydrogens is 300 g/mol. The first-order chi connectivity index (χ1) is 8.47. The van der Waals surface area contributed by atoms with Gasteiger partial charge in [-0.3, -0.25) is 4.79 Å². The molecule has 1 aromatic heterocycles. The Morgan fingerprint density at radius 3 is 2.68 bits per heavy atom. The first kappa shape index (κ1) is 18.8. The first-order valence-corrected chi connectivity index (χ1v) is 8.20. The number of carbonyl (C=O) groups is 1. The lowest BCUT2D eigenvalue weighted by Gasteiger charge is -2.21. The van der Waals surface area contributed by atoms with Crippen molar-refractivity contribution in [2.75, 3.05) is 19.8 Å². The normalized spacial score (nSPS) is 12.1. The van der Waals surface area contributed by atoms with Crippen LogP contribution in [0.1, 0.15) is 29.9 Å². The summed E-state index contributed by atoms with van der Waals surface area (Å²) >= 11 is 3.12. The fourth-order valence-electron chi connectivity index (χ4n) is 1.57. The first-order valence-electron chi connectivity index (χ1n) is 6.09. The van der Waals surface area contributed by atoms with Gasteiger partial charge in [-0.05, 0) is 30.0 Å². The zero-order valence-electron chi connectivity index (χ0n) is 11.9. The molecule has 0 aromatic carbocycles. The van der Waals surface area contributed by atoms with Gasteiger partial charge in [0, 0.05) is 24.5 Å². The lowest BCUT2D eigenvalue weighted by atomic mass is 10.0. The largest absolute Gasteiger partial charge is 0.341 e. The van der Waals surface area contributed by atoms with Gasteiger partial charge in [0.15, 0.2) is 0 Å². The van der Waals surface area contributed by atoms with E-state index in [1.807, 2.05) is 24.7 Å². The van der Waals surface area contributed by atoms with Crippen LogP contribution in [0.5, 0.6) is 0 Å². The Hall–Kier alpha value is -0.230. The van der Waals surface area contributed by atoms with Crippen molar-refractivity contribution in [1.82, 2.24) is 4.90 Å². The van der Waals surface area contributed by atoms with Crippen LogP contribution in [0.2, 0.25) is 0 Å². The highest BCUT2D eigenvalue weighted by molar-refractivity contribution is 7.98. The Morgan fingerprint density at radius 2 is 2.16 bits per heavy atom. The van der Waals surface area contributed by atoms with E-state index in [9.17, 15) is 4.79 Å². The number of thiophene rings is 1. The van der Waals surface area contributed by atoms with Crippen LogP contribution in [0.3, 0.4) is 0 Å². The molecule has 0 saturated carbocycles. The second-order valence-electron chi connectivity index (χ2n) is 4.74. The summed E-state index contributed by atoms with van der Waals surface area (Å²) in [5.74, 6) is 0.558. The van der Waals surface area contributed by atoms with Gasteiger partial charge in [-0.2, -0.15) is 0 Å². The lowest BCUT2D eigenvalue weighted by molar-refractivity contribution is 0.0791. The molecule has 2 N–H and O–H groups in total. The minimum atomic E-state index is 0. The van der Waals surface area contributed by atoms with E-state index in [2.05, 4.69) is 13.8 Å². The third kappa shape index (κ3) is 5.34. The second kappa shape index (κ2) is 8.84. The van der Waals surface area contributed by atoms with Crippen molar-refractivity contribution in [2.24, 2.45) is 11.7 Å². The van der Waals surface area contributed by atoms with Crippen molar-refractivity contribution in [3.05, 3.63) is 16.3 Å². The maximum atomic E-state index is 12.3. The number of hydrogen-bond donors (Lipinski definition) is 1. The molecule has 1 aromatic rings. The number of nitrogens with zero attached hydrogens (tertiary/aromatic N) is 1. The third-order valence-corrected chi connectivity index (χ3v) is 4.86. The van der Waals surface area contributed by atoms with E-state index in [-0.39, 0.29) is 24.4 Å². The molecule has 0 fully saturated rings. The van der Waals surface area contributed by atoms with E-state index < -0.39 is 0 Å². The summed E-state index contributed by atoms with van der Waals surface area (Å²) in [5, 5.41) is 1.97. The average Bonchev–Trinajstić information content (AvgIpc) is 2.82. The van der Waals surface area contributed by atoms with E-state index >= 15 is 0 Å². The molecule has 1 amide bonds. The number of thioether (sulfide) groups is 1. The standard InChI is InChI=1S/C13H22N2OS2.ClH/c1-9(2)10(14)5-7-15(3)13(16)12-11(17-4)6-8-18-12;/h6,8-10H,5,7,14H2,1-4H3;1H. The van der Waals surface area contributed by atoms with Crippen LogP contribution in [-0.2, 0) is 0 Å². The minimum absolute atomic E-state index is 0. The number of carbonyl (C=O) groups excluding carboxylic acids is 1. The van der Waals surface area contributed by atoms with Crippen LogP contribution < -0.4 is 5.73 Å². The Labute approximate surface area is 130 Å². The SMILES string of the molecule is CSc1ccsc1C(=O)N(C)CCC(N)C(C)C.Cl. The van der Waals surface area contributed by atoms with Gasteiger partial charge in [-0.25, -0.2) is 0 Å². The molecule has 0 aliphatic carbocycles. The van der Waals surface area contributed by atoms with Gasteiger partial charge >= 0.3 is 0 Å². The predicted molar refractivity (Wildman–Crippen MR) is 87.7 cm³/mol. The van der Waals surface area contributed by atoms with Gasteiger partial charge in [-0.15, -0.1) is 35.5 Å². The molecule has 6 heteroatoms. The monoisotopic (exact) mass is 322 g/mol. The van der Waals surface area contributed by atoms with Gasteiger partial charge in [0.05, 0.1) is 0 Å². The summed E-state index contributed by atoms with van der Waals surface area (Å²) in [6, 6.07) is 2.15. The van der Waals surface area contributed by atoms with Crippen molar-refractivity contribution in [3.8, 4) is 0 Å². The summed E-state index contributed by atoms with van der Waals surface area (Å²) < 4.78 is 0. The van der Waals surface area contributed by atoms with Crippen LogP contribution in [0.25, 0.3) is 0 Å². The lowest BCUT2D eigenvalue weighted by Crippen LogP contribution is -2.34. The van der Waals surface area contributed by atoms with Crippen molar-refractivity contribution < 1.29 is 4.79 Å². The highest BCUT2D eigenvalue weighted by Gasteiger charge is 2.18. The second-order valence-corrected chi connectivity index (χ2v) is 6.51. The number of hydrogen-bond acceptors (Lipinski definition) is 4. The summed E-state index contributed by atoms with van der Waals surface area (Å²) in [6.07, 6.45) is 2.84. The molecule has 1 atom stereocenters. The summed E-state index contributed by atoms with van der Waals surface area (Å²) in [7, 11) is 1.85. The van der Waals surface area contributed by atoms with E-state index in [0.29, 0.717) is 12.5 Å². The van der Waals surface area contributed by atoms with Gasteiger partial charge in [0.25, 0.3) is 5.91 Å². The van der Waals surface area contributed by atoms with E-state index in [1.165, 1.54) is 11.3 Å². The maximum Gasteiger partial charge on any atom is 0.264 e. The molecule has 0 aliphatic heterocycles. The molecule has 0 bridgehead atoms. The molecule has 1 heterocycles. The molecule has 1 rings (SSSR count). The average molecular weight is 323 g/mol. The predicted octanol–water partition coefficient (Wildman–Crippen LogP) is 3.34. The van der Waals surface area contributed by atoms with E-state index in [1.54, 1.807) is 16.7 Å². The Bertz CT molecular complexity index is 396. The third-order valence-electron chi connectivity index (χ3n) is 3.04. The van der Waals surface area contributed by atoms with Crippen LogP contribution in [0.15, 0.2) is 16.3 Å². The van der Waals surface area contributed by atoms with Crippen molar-refractivity contribution >= 4 is 41.4 Å². The maximum absolute atomic E-state index is 12.3. The Morgan fingerprint density at radius 1 is 1.53 bits per heavy atom. The highest BCUT2D eigenvalue weighted by atomic mass is 35.5. The van der Waals surface area contributed by atoms with Crippen LogP contribution in [-0.4, -0.2) is 36.7 Å². The number of nitrogens with two attached hydrogens (primary N) is 1. The summed E-state index contributed by atoms with van der Waals surface area (Å²) in [6.45, 7) is 4.93. The molecule has 110 valence electrons. The molecule has 19 heavy (non-hydrogen) atoms. The summed E-state index contributed by atoms with van der Waals surface area (Å²) in [5.41, 5.74) is 6.00. The van der Waals surface area contributed by atoms with Crippen LogP contribution in [0.4, 0.5) is 0 Å². The number of rotatable bonds is 6. The Kier molecular flexibility index (Phi) is 8.74. The van der Waals surface area contributed by atoms with Crippen LogP contribution in [0, 0.1) is 5.92 Å². The smallest absolute Gasteiger partial charge is 0.264 e. The molecular formula is C13H23ClN2OS2. The van der Waals surface area contributed by atoms with Gasteiger partial charge in [0.2, 0.25) is 0 Å². The highest BCUT2D eigenvalue weighted by Crippen LogP contribution is 2.26. The quantitative estimate of drug-likeness (QED) is 0.817. The number of amides is 1. The number of halogens is 1. The van der Waals surface area contributed by atoms with Crippen molar-refractivity contribution in [1.29, 1.82) is 0 Å². The van der Waals surface area contributed by atoms with Gasteiger partial charge < -0.3 is 10.6 Å². The van der Waals surface area contributed by atoms with Crippen molar-refractivity contribution in [3.63, 3.8) is 0 Å². The van der Waals surface area contributed by atoms with E-state index in [0.717, 1.165) is 16.2 Å². The fraction of sp³-hybridized carbons (Fsp3) is 0.615. The van der Waals surface area contributed by atoms with E-state index in [4.69, 9.17) is 5.73 Å². The molecule has 0 radical (unpaired) electrons. The molecule has 0 saturated heterocycles. The Balaban J connectivity index is 0.00000324. The molecule has 3 nitrogen and oxygen atoms in total. The molecule has 1 unspecified atom stereocenters. The van der Waals surface area contributed by atoms with Crippen LogP contribution >= 0.6 is 35.5 Å². The van der Waals surface area contributed by atoms with Gasteiger partial charge in [0.1, 0.15) is 4.88 Å². The zero-order valence-corrected chi connectivity index (χ0v) is 14.3. The zero-order chi connectivity index (χ0) is 13.7. The molecule has 0 spiro atoms.